The fourth-order valence-corrected chi connectivity index (χ4v) is 4.35. The highest BCUT2D eigenvalue weighted by atomic mass is 16.7. The number of amides is 2. The third-order valence-electron chi connectivity index (χ3n) is 5.37. The van der Waals surface area contributed by atoms with Crippen molar-refractivity contribution in [3.63, 3.8) is 0 Å². The summed E-state index contributed by atoms with van der Waals surface area (Å²) in [5.41, 5.74) is 0.591. The second-order valence-electron chi connectivity index (χ2n) is 6.39. The van der Waals surface area contributed by atoms with Crippen LogP contribution in [0.4, 0.5) is 5.69 Å². The van der Waals surface area contributed by atoms with E-state index in [0.717, 1.165) is 12.8 Å². The van der Waals surface area contributed by atoms with Crippen molar-refractivity contribution in [2.24, 2.45) is 23.7 Å². The van der Waals surface area contributed by atoms with Gasteiger partial charge in [0.1, 0.15) is 0 Å². The molecule has 1 saturated heterocycles. The molecular formula is C17H15NO4. The van der Waals surface area contributed by atoms with Crippen LogP contribution in [0, 0.1) is 23.7 Å². The Bertz CT molecular complexity index is 693. The SMILES string of the molecule is O=C1[C@H]2[C@H](C(=O)N1c1ccc3c(c1)OCO3)[C@H]1C=C[C@H]2CC1. The Balaban J connectivity index is 1.56. The van der Waals surface area contributed by atoms with E-state index in [1.54, 1.807) is 18.2 Å². The van der Waals surface area contributed by atoms with E-state index in [0.29, 0.717) is 17.2 Å². The molecular weight excluding hydrogens is 282 g/mol. The number of hydrogen-bond donors (Lipinski definition) is 0. The number of hydrogen-bond acceptors (Lipinski definition) is 4. The van der Waals surface area contributed by atoms with E-state index in [-0.39, 0.29) is 42.3 Å². The summed E-state index contributed by atoms with van der Waals surface area (Å²) in [6.07, 6.45) is 6.28. The van der Waals surface area contributed by atoms with Gasteiger partial charge < -0.3 is 9.47 Å². The predicted octanol–water partition coefficient (Wildman–Crippen LogP) is 2.12. The molecule has 0 radical (unpaired) electrons. The van der Waals surface area contributed by atoms with Gasteiger partial charge in [0.15, 0.2) is 11.5 Å². The highest BCUT2D eigenvalue weighted by Gasteiger charge is 2.56. The van der Waals surface area contributed by atoms with Crippen molar-refractivity contribution in [3.05, 3.63) is 30.4 Å². The van der Waals surface area contributed by atoms with E-state index < -0.39 is 0 Å². The van der Waals surface area contributed by atoms with Crippen LogP contribution in [0.3, 0.4) is 0 Å². The van der Waals surface area contributed by atoms with Gasteiger partial charge in [0.2, 0.25) is 18.6 Å². The average molecular weight is 297 g/mol. The number of carbonyl (C=O) groups excluding carboxylic acids is 2. The van der Waals surface area contributed by atoms with E-state index in [1.165, 1.54) is 4.90 Å². The van der Waals surface area contributed by atoms with E-state index in [9.17, 15) is 9.59 Å². The Labute approximate surface area is 127 Å². The first-order valence-corrected chi connectivity index (χ1v) is 7.70. The molecule has 3 aliphatic carbocycles. The molecule has 1 saturated carbocycles. The molecule has 0 spiro atoms. The number of ether oxygens (including phenoxy) is 2. The van der Waals surface area contributed by atoms with Gasteiger partial charge in [-0.1, -0.05) is 12.2 Å². The van der Waals surface area contributed by atoms with Crippen LogP contribution < -0.4 is 14.4 Å². The number of benzene rings is 1. The molecule has 22 heavy (non-hydrogen) atoms. The Morgan fingerprint density at radius 3 is 2.18 bits per heavy atom. The van der Waals surface area contributed by atoms with Crippen LogP contribution in [-0.2, 0) is 9.59 Å². The van der Waals surface area contributed by atoms with Gasteiger partial charge in [-0.2, -0.15) is 0 Å². The number of rotatable bonds is 1. The van der Waals surface area contributed by atoms with Crippen molar-refractivity contribution in [1.82, 2.24) is 0 Å². The third-order valence-corrected chi connectivity index (χ3v) is 5.37. The van der Waals surface area contributed by atoms with Gasteiger partial charge in [-0.15, -0.1) is 0 Å². The van der Waals surface area contributed by atoms with Crippen molar-refractivity contribution in [1.29, 1.82) is 0 Å². The Morgan fingerprint density at radius 1 is 0.909 bits per heavy atom. The molecule has 0 N–H and O–H groups in total. The van der Waals surface area contributed by atoms with Crippen molar-refractivity contribution < 1.29 is 19.1 Å². The lowest BCUT2D eigenvalue weighted by Gasteiger charge is -2.38. The molecule has 5 nitrogen and oxygen atoms in total. The number of nitrogens with zero attached hydrogens (tertiary/aromatic N) is 1. The maximum Gasteiger partial charge on any atom is 0.238 e. The van der Waals surface area contributed by atoms with Gasteiger partial charge in [-0.3, -0.25) is 9.59 Å². The minimum absolute atomic E-state index is 0.0621. The fourth-order valence-electron chi connectivity index (χ4n) is 4.35. The van der Waals surface area contributed by atoms with E-state index >= 15 is 0 Å². The monoisotopic (exact) mass is 297 g/mol. The Hall–Kier alpha value is -2.30. The predicted molar refractivity (Wildman–Crippen MR) is 77.4 cm³/mol. The first kappa shape index (κ1) is 12.3. The van der Waals surface area contributed by atoms with Crippen molar-refractivity contribution in [2.45, 2.75) is 12.8 Å². The molecule has 0 aromatic heterocycles. The number of carbonyl (C=O) groups is 2. The van der Waals surface area contributed by atoms with Gasteiger partial charge in [0, 0.05) is 6.07 Å². The normalized spacial score (nSPS) is 34.5. The average Bonchev–Trinajstić information content (AvgIpc) is 3.12. The van der Waals surface area contributed by atoms with Gasteiger partial charge in [0.05, 0.1) is 17.5 Å². The lowest BCUT2D eigenvalue weighted by Crippen LogP contribution is -2.38. The zero-order chi connectivity index (χ0) is 14.8. The highest BCUT2D eigenvalue weighted by Crippen LogP contribution is 2.51. The number of imide groups is 1. The van der Waals surface area contributed by atoms with Crippen LogP contribution in [0.5, 0.6) is 11.5 Å². The van der Waals surface area contributed by atoms with Crippen LogP contribution in [-0.4, -0.2) is 18.6 Å². The van der Waals surface area contributed by atoms with Crippen LogP contribution >= 0.6 is 0 Å². The quantitative estimate of drug-likeness (QED) is 0.588. The number of allylic oxidation sites excluding steroid dienone is 2. The van der Waals surface area contributed by atoms with Gasteiger partial charge in [-0.25, -0.2) is 4.90 Å². The molecule has 1 aromatic carbocycles. The fraction of sp³-hybridized carbons (Fsp3) is 0.412. The third kappa shape index (κ3) is 1.43. The molecule has 5 heteroatoms. The Kier molecular flexibility index (Phi) is 2.30. The summed E-state index contributed by atoms with van der Waals surface area (Å²) in [5.74, 6) is 1.19. The topological polar surface area (TPSA) is 55.8 Å². The Morgan fingerprint density at radius 2 is 1.55 bits per heavy atom. The molecule has 4 atom stereocenters. The first-order valence-electron chi connectivity index (χ1n) is 7.70. The standard InChI is InChI=1S/C17H15NO4/c19-16-14-9-1-2-10(4-3-9)15(14)17(20)18(16)11-5-6-12-13(7-11)22-8-21-12/h1-2,5-7,9-10,14-15H,3-4,8H2/t9-,10-,14+,15+/m0/s1. The van der Waals surface area contributed by atoms with Gasteiger partial charge in [0.25, 0.3) is 0 Å². The number of fused-ring (bicyclic) bond motifs is 2. The van der Waals surface area contributed by atoms with Gasteiger partial charge >= 0.3 is 0 Å². The van der Waals surface area contributed by atoms with Crippen molar-refractivity contribution in [3.8, 4) is 11.5 Å². The minimum Gasteiger partial charge on any atom is -0.454 e. The van der Waals surface area contributed by atoms with Crippen LogP contribution in [0.1, 0.15) is 12.8 Å². The maximum atomic E-state index is 12.8. The zero-order valence-corrected chi connectivity index (χ0v) is 11.9. The largest absolute Gasteiger partial charge is 0.454 e. The molecule has 2 amide bonds. The van der Waals surface area contributed by atoms with Crippen molar-refractivity contribution >= 4 is 17.5 Å². The van der Waals surface area contributed by atoms with E-state index in [1.807, 2.05) is 0 Å². The summed E-state index contributed by atoms with van der Waals surface area (Å²) in [4.78, 5) is 27.0. The molecule has 6 rings (SSSR count). The highest BCUT2D eigenvalue weighted by molar-refractivity contribution is 6.22. The zero-order valence-electron chi connectivity index (χ0n) is 11.9. The molecule has 5 aliphatic rings. The van der Waals surface area contributed by atoms with E-state index in [2.05, 4.69) is 12.2 Å². The maximum absolute atomic E-state index is 12.8. The first-order chi connectivity index (χ1) is 10.7. The number of anilines is 1. The second-order valence-corrected chi connectivity index (χ2v) is 6.39. The van der Waals surface area contributed by atoms with Gasteiger partial charge in [-0.05, 0) is 36.8 Å². The van der Waals surface area contributed by atoms with Crippen LogP contribution in [0.15, 0.2) is 30.4 Å². The lowest BCUT2D eigenvalue weighted by molar-refractivity contribution is -0.124. The molecule has 2 bridgehead atoms. The molecule has 2 aliphatic heterocycles. The summed E-state index contributed by atoms with van der Waals surface area (Å²) in [6.45, 7) is 0.181. The smallest absolute Gasteiger partial charge is 0.238 e. The summed E-state index contributed by atoms with van der Waals surface area (Å²) < 4.78 is 10.6. The summed E-state index contributed by atoms with van der Waals surface area (Å²) in [5, 5.41) is 0. The van der Waals surface area contributed by atoms with Crippen LogP contribution in [0.2, 0.25) is 0 Å². The van der Waals surface area contributed by atoms with Crippen molar-refractivity contribution in [2.75, 3.05) is 11.7 Å². The molecule has 0 unspecified atom stereocenters. The molecule has 1 aromatic rings. The molecule has 2 heterocycles. The molecule has 2 fully saturated rings. The van der Waals surface area contributed by atoms with Crippen LogP contribution in [0.25, 0.3) is 0 Å². The summed E-state index contributed by atoms with van der Waals surface area (Å²) >= 11 is 0. The van der Waals surface area contributed by atoms with E-state index in [4.69, 9.17) is 9.47 Å². The minimum atomic E-state index is -0.179. The second kappa shape index (κ2) is 4.12. The summed E-state index contributed by atoms with van der Waals surface area (Å²) in [6, 6.07) is 5.24. The lowest BCUT2D eigenvalue weighted by atomic mass is 9.63. The molecule has 112 valence electrons. The summed E-state index contributed by atoms with van der Waals surface area (Å²) in [7, 11) is 0.